The Balaban J connectivity index is 2.09. The molecule has 3 N–H and O–H groups in total. The maximum Gasteiger partial charge on any atom is 0.123 e. The second kappa shape index (κ2) is 6.04. The predicted octanol–water partition coefficient (Wildman–Crippen LogP) is 3.33. The Labute approximate surface area is 116 Å². The highest BCUT2D eigenvalue weighted by Gasteiger charge is 2.13. The van der Waals surface area contributed by atoms with Crippen molar-refractivity contribution in [1.29, 1.82) is 0 Å². The summed E-state index contributed by atoms with van der Waals surface area (Å²) in [5, 5.41) is 5.29. The number of hydrogen-bond acceptors (Lipinski definition) is 4. The van der Waals surface area contributed by atoms with E-state index in [0.717, 1.165) is 16.1 Å². The molecule has 0 bridgehead atoms. The number of halogens is 1. The van der Waals surface area contributed by atoms with Crippen LogP contribution in [0, 0.1) is 5.82 Å². The molecule has 0 aliphatic carbocycles. The van der Waals surface area contributed by atoms with Crippen LogP contribution in [-0.2, 0) is 6.54 Å². The number of benzene rings is 1. The standard InChI is InChI=1S/C14H17FN2OS/c1-9(17-8-14-12(16)5-6-19-14)11-7-10(15)3-4-13(11)18-2/h3-7,9,17H,8,16H2,1-2H3. The Bertz CT molecular complexity index is 556. The third-order valence-corrected chi connectivity index (χ3v) is 3.94. The third kappa shape index (κ3) is 3.24. The summed E-state index contributed by atoms with van der Waals surface area (Å²) in [6.45, 7) is 2.63. The minimum absolute atomic E-state index is 0.0212. The fourth-order valence-electron chi connectivity index (χ4n) is 1.89. The van der Waals surface area contributed by atoms with Crippen molar-refractivity contribution in [2.24, 2.45) is 0 Å². The van der Waals surface area contributed by atoms with Crippen LogP contribution in [0.5, 0.6) is 5.75 Å². The van der Waals surface area contributed by atoms with E-state index in [9.17, 15) is 4.39 Å². The van der Waals surface area contributed by atoms with Crippen LogP contribution in [-0.4, -0.2) is 7.11 Å². The summed E-state index contributed by atoms with van der Waals surface area (Å²) < 4.78 is 18.6. The lowest BCUT2D eigenvalue weighted by Gasteiger charge is -2.17. The topological polar surface area (TPSA) is 47.3 Å². The minimum atomic E-state index is -0.264. The van der Waals surface area contributed by atoms with Crippen LogP contribution in [0.25, 0.3) is 0 Å². The molecule has 0 fully saturated rings. The molecule has 1 heterocycles. The molecular formula is C14H17FN2OS. The van der Waals surface area contributed by atoms with Gasteiger partial charge < -0.3 is 15.8 Å². The number of ether oxygens (including phenoxy) is 1. The van der Waals surface area contributed by atoms with Gasteiger partial charge >= 0.3 is 0 Å². The molecule has 0 saturated heterocycles. The SMILES string of the molecule is COc1ccc(F)cc1C(C)NCc1sccc1N. The van der Waals surface area contributed by atoms with E-state index in [1.807, 2.05) is 18.4 Å². The maximum atomic E-state index is 13.3. The Morgan fingerprint density at radius 3 is 2.84 bits per heavy atom. The zero-order chi connectivity index (χ0) is 13.8. The van der Waals surface area contributed by atoms with Gasteiger partial charge in [0.2, 0.25) is 0 Å². The van der Waals surface area contributed by atoms with Crippen molar-refractivity contribution in [3.8, 4) is 5.75 Å². The van der Waals surface area contributed by atoms with E-state index in [2.05, 4.69) is 5.32 Å². The van der Waals surface area contributed by atoms with Crippen LogP contribution in [0.3, 0.4) is 0 Å². The number of rotatable bonds is 5. The van der Waals surface area contributed by atoms with Crippen molar-refractivity contribution in [2.75, 3.05) is 12.8 Å². The van der Waals surface area contributed by atoms with Gasteiger partial charge in [-0.1, -0.05) is 0 Å². The molecular weight excluding hydrogens is 263 g/mol. The molecule has 5 heteroatoms. The average molecular weight is 280 g/mol. The molecule has 3 nitrogen and oxygen atoms in total. The van der Waals surface area contributed by atoms with Gasteiger partial charge in [0.25, 0.3) is 0 Å². The second-order valence-electron chi connectivity index (χ2n) is 4.29. The van der Waals surface area contributed by atoms with Gasteiger partial charge in [-0.25, -0.2) is 4.39 Å². The van der Waals surface area contributed by atoms with E-state index in [1.54, 1.807) is 24.5 Å². The largest absolute Gasteiger partial charge is 0.496 e. The van der Waals surface area contributed by atoms with Gasteiger partial charge in [0.1, 0.15) is 11.6 Å². The first-order chi connectivity index (χ1) is 9.11. The van der Waals surface area contributed by atoms with Crippen LogP contribution in [0.1, 0.15) is 23.4 Å². The maximum absolute atomic E-state index is 13.3. The number of nitrogens with one attached hydrogen (secondary N) is 1. The zero-order valence-electron chi connectivity index (χ0n) is 10.9. The van der Waals surface area contributed by atoms with E-state index >= 15 is 0 Å². The summed E-state index contributed by atoms with van der Waals surface area (Å²) in [6, 6.07) is 6.39. The van der Waals surface area contributed by atoms with Crippen molar-refractivity contribution >= 4 is 17.0 Å². The molecule has 102 valence electrons. The smallest absolute Gasteiger partial charge is 0.123 e. The monoisotopic (exact) mass is 280 g/mol. The summed E-state index contributed by atoms with van der Waals surface area (Å²) >= 11 is 1.61. The number of methoxy groups -OCH3 is 1. The summed E-state index contributed by atoms with van der Waals surface area (Å²) in [6.07, 6.45) is 0. The van der Waals surface area contributed by atoms with Gasteiger partial charge in [0.05, 0.1) is 7.11 Å². The first-order valence-electron chi connectivity index (χ1n) is 6.00. The molecule has 0 aliphatic rings. The quantitative estimate of drug-likeness (QED) is 0.883. The average Bonchev–Trinajstić information content (AvgIpc) is 2.81. The van der Waals surface area contributed by atoms with Crippen LogP contribution in [0.15, 0.2) is 29.6 Å². The van der Waals surface area contributed by atoms with Gasteiger partial charge in [-0.3, -0.25) is 0 Å². The number of hydrogen-bond donors (Lipinski definition) is 2. The second-order valence-corrected chi connectivity index (χ2v) is 5.29. The highest BCUT2D eigenvalue weighted by Crippen LogP contribution is 2.27. The van der Waals surface area contributed by atoms with E-state index in [1.165, 1.54) is 12.1 Å². The highest BCUT2D eigenvalue weighted by molar-refractivity contribution is 7.10. The summed E-state index contributed by atoms with van der Waals surface area (Å²) in [4.78, 5) is 1.09. The first kappa shape index (κ1) is 13.8. The number of thiophene rings is 1. The van der Waals surface area contributed by atoms with Gasteiger partial charge in [0.15, 0.2) is 0 Å². The van der Waals surface area contributed by atoms with Gasteiger partial charge in [-0.2, -0.15) is 0 Å². The van der Waals surface area contributed by atoms with E-state index in [0.29, 0.717) is 12.3 Å². The summed E-state index contributed by atoms with van der Waals surface area (Å²) in [5.41, 5.74) is 7.42. The van der Waals surface area contributed by atoms with E-state index < -0.39 is 0 Å². The zero-order valence-corrected chi connectivity index (χ0v) is 11.8. The van der Waals surface area contributed by atoms with Crippen LogP contribution in [0.4, 0.5) is 10.1 Å². The van der Waals surface area contributed by atoms with Crippen molar-refractivity contribution in [1.82, 2.24) is 5.32 Å². The fraction of sp³-hybridized carbons (Fsp3) is 0.286. The summed E-state index contributed by atoms with van der Waals surface area (Å²) in [7, 11) is 1.58. The Morgan fingerprint density at radius 1 is 1.42 bits per heavy atom. The molecule has 19 heavy (non-hydrogen) atoms. The van der Waals surface area contributed by atoms with E-state index in [-0.39, 0.29) is 11.9 Å². The molecule has 2 rings (SSSR count). The van der Waals surface area contributed by atoms with Gasteiger partial charge in [-0.15, -0.1) is 11.3 Å². The van der Waals surface area contributed by atoms with Crippen molar-refractivity contribution in [2.45, 2.75) is 19.5 Å². The molecule has 0 saturated carbocycles. The lowest BCUT2D eigenvalue weighted by atomic mass is 10.1. The third-order valence-electron chi connectivity index (χ3n) is 3.01. The molecule has 1 unspecified atom stereocenters. The Morgan fingerprint density at radius 2 is 2.21 bits per heavy atom. The molecule has 0 spiro atoms. The van der Waals surface area contributed by atoms with Gasteiger partial charge in [-0.05, 0) is 36.6 Å². The molecule has 0 radical (unpaired) electrons. The molecule has 1 atom stereocenters. The molecule has 2 aromatic rings. The van der Waals surface area contributed by atoms with Crippen molar-refractivity contribution in [3.63, 3.8) is 0 Å². The predicted molar refractivity (Wildman–Crippen MR) is 76.9 cm³/mol. The van der Waals surface area contributed by atoms with Crippen molar-refractivity contribution in [3.05, 3.63) is 45.9 Å². The minimum Gasteiger partial charge on any atom is -0.496 e. The normalized spacial score (nSPS) is 12.4. The lowest BCUT2D eigenvalue weighted by molar-refractivity contribution is 0.400. The Hall–Kier alpha value is -1.59. The van der Waals surface area contributed by atoms with Crippen LogP contribution in [0.2, 0.25) is 0 Å². The van der Waals surface area contributed by atoms with Crippen LogP contribution < -0.4 is 15.8 Å². The van der Waals surface area contributed by atoms with Crippen molar-refractivity contribution < 1.29 is 9.13 Å². The number of nitrogen functional groups attached to an aromatic ring is 1. The first-order valence-corrected chi connectivity index (χ1v) is 6.88. The number of nitrogens with two attached hydrogens (primary N) is 1. The Kier molecular flexibility index (Phi) is 4.39. The van der Waals surface area contributed by atoms with Gasteiger partial charge in [0, 0.05) is 28.7 Å². The molecule has 0 aliphatic heterocycles. The van der Waals surface area contributed by atoms with E-state index in [4.69, 9.17) is 10.5 Å². The molecule has 1 aromatic carbocycles. The fourth-order valence-corrected chi connectivity index (χ4v) is 2.64. The van der Waals surface area contributed by atoms with Crippen LogP contribution >= 0.6 is 11.3 Å². The summed E-state index contributed by atoms with van der Waals surface area (Å²) in [5.74, 6) is 0.417. The molecule has 0 amide bonds. The highest BCUT2D eigenvalue weighted by atomic mass is 32.1. The lowest BCUT2D eigenvalue weighted by Crippen LogP contribution is -2.18. The number of anilines is 1. The molecule has 1 aromatic heterocycles.